The van der Waals surface area contributed by atoms with E-state index in [1.54, 1.807) is 18.2 Å². The Morgan fingerprint density at radius 3 is 2.11 bits per heavy atom. The summed E-state index contributed by atoms with van der Waals surface area (Å²) >= 11 is 0. The van der Waals surface area contributed by atoms with Crippen LogP contribution < -0.4 is 0 Å². The second-order valence-electron chi connectivity index (χ2n) is 3.56. The van der Waals surface area contributed by atoms with Crippen molar-refractivity contribution < 1.29 is 23.1 Å². The van der Waals surface area contributed by atoms with Crippen molar-refractivity contribution in [3.8, 4) is 0 Å². The lowest BCUT2D eigenvalue weighted by Crippen LogP contribution is -2.03. The van der Waals surface area contributed by atoms with E-state index < -0.39 is 17.7 Å². The topological polar surface area (TPSA) is 37.3 Å². The summed E-state index contributed by atoms with van der Waals surface area (Å²) in [4.78, 5) is 10.1. The number of alkyl halides is 3. The van der Waals surface area contributed by atoms with Gasteiger partial charge in [-0.2, -0.15) is 13.2 Å². The van der Waals surface area contributed by atoms with E-state index in [2.05, 4.69) is 0 Å². The molecule has 0 spiro atoms. The number of carboxylic acid groups (broad SMARTS) is 1. The van der Waals surface area contributed by atoms with Crippen LogP contribution in [0, 0.1) is 0 Å². The molecule has 0 bridgehead atoms. The molecule has 1 N–H and O–H groups in total. The number of carboxylic acids is 1. The van der Waals surface area contributed by atoms with Crippen LogP contribution in [0.3, 0.4) is 0 Å². The molecule has 0 atom stereocenters. The molecular formula is C14H11F3O2. The Morgan fingerprint density at radius 2 is 1.58 bits per heavy atom. The number of allylic oxidation sites excluding steroid dienone is 4. The van der Waals surface area contributed by atoms with Crippen molar-refractivity contribution >= 4 is 12.0 Å². The Hall–Kier alpha value is -2.30. The molecule has 0 fully saturated rings. The van der Waals surface area contributed by atoms with Crippen molar-refractivity contribution in [3.05, 3.63) is 65.8 Å². The third-order valence-electron chi connectivity index (χ3n) is 2.10. The molecule has 0 aliphatic heterocycles. The van der Waals surface area contributed by atoms with Crippen LogP contribution in [-0.4, -0.2) is 11.1 Å². The normalized spacial score (nSPS) is 12.8. The summed E-state index contributed by atoms with van der Waals surface area (Å²) < 4.78 is 36.9. The molecule has 1 aromatic carbocycles. The van der Waals surface area contributed by atoms with Crippen molar-refractivity contribution in [3.63, 3.8) is 0 Å². The van der Waals surface area contributed by atoms with Gasteiger partial charge >= 0.3 is 12.1 Å². The van der Waals surface area contributed by atoms with Gasteiger partial charge in [0.05, 0.1) is 5.56 Å². The van der Waals surface area contributed by atoms with E-state index in [1.807, 2.05) is 0 Å². The van der Waals surface area contributed by atoms with Crippen LogP contribution in [0.25, 0.3) is 6.08 Å². The fourth-order valence-corrected chi connectivity index (χ4v) is 1.22. The zero-order valence-corrected chi connectivity index (χ0v) is 9.76. The van der Waals surface area contributed by atoms with Gasteiger partial charge in [-0.1, -0.05) is 42.5 Å². The Labute approximate surface area is 108 Å². The second-order valence-corrected chi connectivity index (χ2v) is 3.56. The predicted molar refractivity (Wildman–Crippen MR) is 66.4 cm³/mol. The summed E-state index contributed by atoms with van der Waals surface area (Å²) in [6.07, 6.45) is 4.30. The molecule has 0 aliphatic rings. The number of halogens is 3. The minimum atomic E-state index is -4.33. The number of hydrogen-bond donors (Lipinski definition) is 1. The molecule has 0 amide bonds. The van der Waals surface area contributed by atoms with Crippen molar-refractivity contribution in [2.45, 2.75) is 6.18 Å². The lowest BCUT2D eigenvalue weighted by molar-refractivity contribution is -0.137. The molecule has 19 heavy (non-hydrogen) atoms. The van der Waals surface area contributed by atoms with Gasteiger partial charge in [0.1, 0.15) is 0 Å². The first-order chi connectivity index (χ1) is 8.89. The van der Waals surface area contributed by atoms with E-state index in [9.17, 15) is 18.0 Å². The monoisotopic (exact) mass is 268 g/mol. The number of hydrogen-bond acceptors (Lipinski definition) is 1. The first kappa shape index (κ1) is 14.8. The molecule has 0 radical (unpaired) electrons. The van der Waals surface area contributed by atoms with Crippen LogP contribution in [-0.2, 0) is 11.0 Å². The van der Waals surface area contributed by atoms with E-state index in [-0.39, 0.29) is 0 Å². The molecule has 0 aromatic heterocycles. The highest BCUT2D eigenvalue weighted by Gasteiger charge is 2.29. The molecule has 0 heterocycles. The van der Waals surface area contributed by atoms with E-state index >= 15 is 0 Å². The van der Waals surface area contributed by atoms with Gasteiger partial charge in [0.2, 0.25) is 0 Å². The predicted octanol–water partition coefficient (Wildman–Crippen LogP) is 3.92. The highest BCUT2D eigenvalue weighted by atomic mass is 19.4. The quantitative estimate of drug-likeness (QED) is 0.664. The maximum atomic E-state index is 12.3. The van der Waals surface area contributed by atoms with Crippen LogP contribution in [0.2, 0.25) is 0 Å². The van der Waals surface area contributed by atoms with Gasteiger partial charge in [-0.25, -0.2) is 4.79 Å². The van der Waals surface area contributed by atoms with Gasteiger partial charge in [0, 0.05) is 6.08 Å². The first-order valence-corrected chi connectivity index (χ1v) is 5.31. The fraction of sp³-hybridized carbons (Fsp3) is 0.0714. The molecule has 0 aliphatic carbocycles. The molecule has 0 saturated carbocycles. The zero-order chi connectivity index (χ0) is 14.3. The maximum Gasteiger partial charge on any atom is 0.416 e. The molecule has 0 unspecified atom stereocenters. The van der Waals surface area contributed by atoms with Crippen molar-refractivity contribution in [1.82, 2.24) is 0 Å². The smallest absolute Gasteiger partial charge is 0.416 e. The molecule has 0 saturated heterocycles. The van der Waals surface area contributed by atoms with Gasteiger partial charge < -0.3 is 5.11 Å². The summed E-state index contributed by atoms with van der Waals surface area (Å²) in [6.45, 7) is 0. The lowest BCUT2D eigenvalue weighted by Gasteiger charge is -2.05. The molecule has 1 aromatic rings. The average molecular weight is 268 g/mol. The van der Waals surface area contributed by atoms with Crippen LogP contribution in [0.15, 0.2) is 54.6 Å². The molecule has 100 valence electrons. The van der Waals surface area contributed by atoms with Crippen LogP contribution >= 0.6 is 0 Å². The van der Waals surface area contributed by atoms with Crippen molar-refractivity contribution in [2.24, 2.45) is 0 Å². The van der Waals surface area contributed by atoms with Gasteiger partial charge in [-0.3, -0.25) is 0 Å². The van der Waals surface area contributed by atoms with Crippen molar-refractivity contribution in [2.75, 3.05) is 0 Å². The van der Waals surface area contributed by atoms with Gasteiger partial charge in [-0.15, -0.1) is 0 Å². The number of rotatable bonds is 4. The second kappa shape index (κ2) is 6.58. The third-order valence-corrected chi connectivity index (χ3v) is 2.10. The van der Waals surface area contributed by atoms with E-state index in [4.69, 9.17) is 5.11 Å². The summed E-state index contributed by atoms with van der Waals surface area (Å²) in [7, 11) is 0. The highest BCUT2D eigenvalue weighted by Crippen LogP contribution is 2.29. The molecule has 1 rings (SSSR count). The van der Waals surface area contributed by atoms with Crippen LogP contribution in [0.1, 0.15) is 11.1 Å². The Morgan fingerprint density at radius 1 is 1.00 bits per heavy atom. The Balaban J connectivity index is 2.61. The fourth-order valence-electron chi connectivity index (χ4n) is 1.22. The summed E-state index contributed by atoms with van der Waals surface area (Å²) in [5.74, 6) is -1.05. The zero-order valence-electron chi connectivity index (χ0n) is 9.76. The summed E-state index contributed by atoms with van der Waals surface area (Å²) in [5.41, 5.74) is -0.0653. The van der Waals surface area contributed by atoms with Gasteiger partial charge in [0.15, 0.2) is 0 Å². The molecular weight excluding hydrogens is 257 g/mol. The lowest BCUT2D eigenvalue weighted by atomic mass is 10.1. The minimum Gasteiger partial charge on any atom is -0.478 e. The van der Waals surface area contributed by atoms with Crippen LogP contribution in [0.4, 0.5) is 13.2 Å². The standard InChI is InChI=1S/C14H11F3O2/c15-14(16,17)12-9-7-11(8-10-12)5-3-1-2-4-6-13(18)19/h1-10H,(H,18,19)/b2-1+,5-3+,6-4+. The van der Waals surface area contributed by atoms with E-state index in [0.29, 0.717) is 5.56 Å². The molecule has 5 heteroatoms. The summed E-state index contributed by atoms with van der Waals surface area (Å²) in [6, 6.07) is 4.74. The highest BCUT2D eigenvalue weighted by molar-refractivity contribution is 5.80. The minimum absolute atomic E-state index is 0.625. The van der Waals surface area contributed by atoms with Gasteiger partial charge in [-0.05, 0) is 17.7 Å². The maximum absolute atomic E-state index is 12.3. The first-order valence-electron chi connectivity index (χ1n) is 5.31. The molecule has 2 nitrogen and oxygen atoms in total. The Kier molecular flexibility index (Phi) is 5.11. The number of aliphatic carboxylic acids is 1. The van der Waals surface area contributed by atoms with Crippen molar-refractivity contribution in [1.29, 1.82) is 0 Å². The van der Waals surface area contributed by atoms with Crippen LogP contribution in [0.5, 0.6) is 0 Å². The van der Waals surface area contributed by atoms with E-state index in [1.165, 1.54) is 24.3 Å². The SMILES string of the molecule is O=C(O)/C=C/C=C/C=C/c1ccc(C(F)(F)F)cc1. The van der Waals surface area contributed by atoms with E-state index in [0.717, 1.165) is 18.2 Å². The van der Waals surface area contributed by atoms with Gasteiger partial charge in [0.25, 0.3) is 0 Å². The summed E-state index contributed by atoms with van der Waals surface area (Å²) in [5, 5.41) is 8.31. The average Bonchev–Trinajstić information content (AvgIpc) is 2.32. The Bertz CT molecular complexity index is 508. The largest absolute Gasteiger partial charge is 0.478 e. The number of carbonyl (C=O) groups is 1. The third kappa shape index (κ3) is 5.72. The number of benzene rings is 1.